The maximum absolute atomic E-state index is 13.3. The average Bonchev–Trinajstić information content (AvgIpc) is 3.36. The Hall–Kier alpha value is -2.46. The number of piperidine rings is 1. The van der Waals surface area contributed by atoms with Crippen molar-refractivity contribution >= 4 is 15.9 Å². The van der Waals surface area contributed by atoms with Crippen molar-refractivity contribution in [3.63, 3.8) is 0 Å². The van der Waals surface area contributed by atoms with Gasteiger partial charge in [0.1, 0.15) is 11.6 Å². The molecule has 0 aliphatic carbocycles. The van der Waals surface area contributed by atoms with E-state index in [0.717, 1.165) is 6.42 Å². The van der Waals surface area contributed by atoms with Crippen LogP contribution in [0.5, 0.6) is 5.75 Å². The Balaban J connectivity index is 1.58. The van der Waals surface area contributed by atoms with Crippen molar-refractivity contribution in [1.29, 1.82) is 0 Å². The molecule has 3 heterocycles. The molecule has 0 spiro atoms. The summed E-state index contributed by atoms with van der Waals surface area (Å²) in [6, 6.07) is 6.58. The van der Waals surface area contributed by atoms with Crippen molar-refractivity contribution in [1.82, 2.24) is 24.4 Å². The minimum atomic E-state index is -3.65. The van der Waals surface area contributed by atoms with Gasteiger partial charge in [0.25, 0.3) is 0 Å². The maximum Gasteiger partial charge on any atom is 0.243 e. The molecule has 1 amide bonds. The van der Waals surface area contributed by atoms with Gasteiger partial charge in [-0.2, -0.15) is 9.40 Å². The van der Waals surface area contributed by atoms with Crippen LogP contribution in [-0.2, 0) is 20.2 Å². The number of nitrogens with one attached hydrogen (secondary N) is 1. The highest BCUT2D eigenvalue weighted by Gasteiger charge is 2.55. The predicted molar refractivity (Wildman–Crippen MR) is 114 cm³/mol. The van der Waals surface area contributed by atoms with Gasteiger partial charge in [-0.3, -0.25) is 9.89 Å². The van der Waals surface area contributed by atoms with Crippen LogP contribution in [0.1, 0.15) is 38.3 Å². The van der Waals surface area contributed by atoms with Gasteiger partial charge in [0.15, 0.2) is 5.82 Å². The first-order chi connectivity index (χ1) is 14.8. The van der Waals surface area contributed by atoms with Gasteiger partial charge >= 0.3 is 0 Å². The van der Waals surface area contributed by atoms with Crippen LogP contribution in [0.3, 0.4) is 0 Å². The van der Waals surface area contributed by atoms with Crippen LogP contribution in [0.15, 0.2) is 29.2 Å². The standard InChI is InChI=1S/C21H29N5O4S/c1-4-11-30-18-5-7-19(8-6-18)31(28,29)26-10-9-21(20-22-15(2)23-24-20)14-25(16(3)27)12-17(21)13-26/h5-8,17H,4,9-14H2,1-3H3,(H,22,23,24). The third kappa shape index (κ3) is 3.94. The van der Waals surface area contributed by atoms with Gasteiger partial charge < -0.3 is 9.64 Å². The number of sulfonamides is 1. The molecule has 2 aliphatic rings. The minimum absolute atomic E-state index is 0.0156. The van der Waals surface area contributed by atoms with E-state index in [9.17, 15) is 13.2 Å². The maximum atomic E-state index is 13.3. The van der Waals surface area contributed by atoms with E-state index in [1.165, 1.54) is 4.31 Å². The lowest BCUT2D eigenvalue weighted by Gasteiger charge is -2.40. The highest BCUT2D eigenvalue weighted by Crippen LogP contribution is 2.45. The number of carbonyl (C=O) groups excluding carboxylic acids is 1. The first kappa shape index (κ1) is 21.8. The van der Waals surface area contributed by atoms with E-state index >= 15 is 0 Å². The number of carbonyl (C=O) groups is 1. The molecule has 4 rings (SSSR count). The number of likely N-dealkylation sites (tertiary alicyclic amines) is 1. The predicted octanol–water partition coefficient (Wildman–Crippen LogP) is 1.71. The molecule has 31 heavy (non-hydrogen) atoms. The van der Waals surface area contributed by atoms with E-state index in [0.29, 0.717) is 56.6 Å². The molecule has 10 heteroatoms. The van der Waals surface area contributed by atoms with Crippen LogP contribution in [0.25, 0.3) is 0 Å². The molecule has 1 N–H and O–H groups in total. The highest BCUT2D eigenvalue weighted by molar-refractivity contribution is 7.89. The van der Waals surface area contributed by atoms with Gasteiger partial charge in [0, 0.05) is 39.0 Å². The lowest BCUT2D eigenvalue weighted by molar-refractivity contribution is -0.128. The average molecular weight is 448 g/mol. The van der Waals surface area contributed by atoms with Crippen molar-refractivity contribution in [3.05, 3.63) is 35.9 Å². The van der Waals surface area contributed by atoms with Gasteiger partial charge in [0.2, 0.25) is 15.9 Å². The van der Waals surface area contributed by atoms with Crippen molar-refractivity contribution in [2.75, 3.05) is 32.8 Å². The van der Waals surface area contributed by atoms with E-state index in [1.54, 1.807) is 36.1 Å². The molecule has 168 valence electrons. The molecule has 0 radical (unpaired) electrons. The number of fused-ring (bicyclic) bond motifs is 1. The quantitative estimate of drug-likeness (QED) is 0.722. The van der Waals surface area contributed by atoms with Gasteiger partial charge in [-0.25, -0.2) is 13.4 Å². The van der Waals surface area contributed by atoms with E-state index < -0.39 is 15.4 Å². The molecule has 1 aromatic heterocycles. The lowest BCUT2D eigenvalue weighted by Crippen LogP contribution is -2.51. The Kier molecular flexibility index (Phi) is 5.78. The van der Waals surface area contributed by atoms with Crippen LogP contribution < -0.4 is 4.74 Å². The zero-order valence-corrected chi connectivity index (χ0v) is 19.0. The van der Waals surface area contributed by atoms with Crippen molar-refractivity contribution in [2.45, 2.75) is 43.9 Å². The number of hydrogen-bond donors (Lipinski definition) is 1. The molecule has 0 saturated carbocycles. The van der Waals surface area contributed by atoms with Crippen LogP contribution in [0.4, 0.5) is 0 Å². The molecule has 2 atom stereocenters. The SMILES string of the molecule is CCCOc1ccc(S(=O)(=O)N2CCC3(c4n[nH]c(C)n4)CN(C(C)=O)CC3C2)cc1. The van der Waals surface area contributed by atoms with Crippen molar-refractivity contribution in [2.24, 2.45) is 5.92 Å². The zero-order chi connectivity index (χ0) is 22.2. The zero-order valence-electron chi connectivity index (χ0n) is 18.2. The van der Waals surface area contributed by atoms with E-state index in [4.69, 9.17) is 4.74 Å². The molecule has 2 fully saturated rings. The molecule has 2 aromatic rings. The summed E-state index contributed by atoms with van der Waals surface area (Å²) >= 11 is 0. The molecule has 1 aromatic carbocycles. The summed E-state index contributed by atoms with van der Waals surface area (Å²) < 4.78 is 33.7. The Morgan fingerprint density at radius 1 is 1.29 bits per heavy atom. The summed E-state index contributed by atoms with van der Waals surface area (Å²) in [6.45, 7) is 7.69. The Morgan fingerprint density at radius 3 is 2.65 bits per heavy atom. The number of amides is 1. The van der Waals surface area contributed by atoms with E-state index in [-0.39, 0.29) is 16.7 Å². The fourth-order valence-corrected chi connectivity index (χ4v) is 6.10. The summed E-state index contributed by atoms with van der Waals surface area (Å²) in [5.41, 5.74) is -0.430. The van der Waals surface area contributed by atoms with E-state index in [1.807, 2.05) is 13.8 Å². The molecule has 2 unspecified atom stereocenters. The van der Waals surface area contributed by atoms with Gasteiger partial charge in [-0.05, 0) is 44.0 Å². The molecular formula is C21H29N5O4S. The normalized spacial score (nSPS) is 24.2. The largest absolute Gasteiger partial charge is 0.494 e. The highest BCUT2D eigenvalue weighted by atomic mass is 32.2. The van der Waals surface area contributed by atoms with Gasteiger partial charge in [0.05, 0.1) is 16.9 Å². The minimum Gasteiger partial charge on any atom is -0.494 e. The van der Waals surface area contributed by atoms with Crippen LogP contribution in [-0.4, -0.2) is 71.5 Å². The number of aromatic amines is 1. The van der Waals surface area contributed by atoms with Crippen LogP contribution >= 0.6 is 0 Å². The number of hydrogen-bond acceptors (Lipinski definition) is 6. The van der Waals surface area contributed by atoms with E-state index in [2.05, 4.69) is 15.2 Å². The fourth-order valence-electron chi connectivity index (χ4n) is 4.62. The van der Waals surface area contributed by atoms with Crippen LogP contribution in [0, 0.1) is 12.8 Å². The van der Waals surface area contributed by atoms with Crippen molar-refractivity contribution < 1.29 is 17.9 Å². The third-order valence-corrected chi connectivity index (χ3v) is 8.23. The van der Waals surface area contributed by atoms with Gasteiger partial charge in [-0.15, -0.1) is 0 Å². The number of nitrogens with zero attached hydrogens (tertiary/aromatic N) is 4. The second kappa shape index (κ2) is 8.23. The summed E-state index contributed by atoms with van der Waals surface area (Å²) in [4.78, 5) is 18.7. The third-order valence-electron chi connectivity index (χ3n) is 6.35. The number of rotatable bonds is 6. The first-order valence-electron chi connectivity index (χ1n) is 10.6. The van der Waals surface area contributed by atoms with Crippen LogP contribution in [0.2, 0.25) is 0 Å². The molecule has 2 aliphatic heterocycles. The van der Waals surface area contributed by atoms with Gasteiger partial charge in [-0.1, -0.05) is 6.92 Å². The summed E-state index contributed by atoms with van der Waals surface area (Å²) in [6.07, 6.45) is 1.45. The molecular weight excluding hydrogens is 418 g/mol. The lowest BCUT2D eigenvalue weighted by atomic mass is 9.72. The van der Waals surface area contributed by atoms with Crippen molar-refractivity contribution in [3.8, 4) is 5.75 Å². The Morgan fingerprint density at radius 2 is 2.03 bits per heavy atom. The molecule has 2 saturated heterocycles. The number of aromatic nitrogens is 3. The number of H-pyrrole nitrogens is 1. The number of benzene rings is 1. The number of ether oxygens (including phenoxy) is 1. The number of aryl methyl sites for hydroxylation is 1. The second-order valence-corrected chi connectivity index (χ2v) is 10.4. The summed E-state index contributed by atoms with van der Waals surface area (Å²) in [5, 5.41) is 7.29. The summed E-state index contributed by atoms with van der Waals surface area (Å²) in [5.74, 6) is 1.96. The Labute approximate surface area is 182 Å². The monoisotopic (exact) mass is 447 g/mol. The first-order valence-corrected chi connectivity index (χ1v) is 12.1. The smallest absolute Gasteiger partial charge is 0.243 e. The Bertz CT molecular complexity index is 1050. The fraction of sp³-hybridized carbons (Fsp3) is 0.571. The molecule has 0 bridgehead atoms. The topological polar surface area (TPSA) is 108 Å². The molecule has 9 nitrogen and oxygen atoms in total. The summed E-state index contributed by atoms with van der Waals surface area (Å²) in [7, 11) is -3.65. The second-order valence-electron chi connectivity index (χ2n) is 8.43.